The molecule has 5 heteroatoms. The Kier molecular flexibility index (Phi) is 6.02. The zero-order valence-electron chi connectivity index (χ0n) is 11.3. The van der Waals surface area contributed by atoms with Crippen LogP contribution in [0.5, 0.6) is 0 Å². The Morgan fingerprint density at radius 1 is 1.37 bits per heavy atom. The number of hydrogen-bond donors (Lipinski definition) is 2. The summed E-state index contributed by atoms with van der Waals surface area (Å²) in [7, 11) is 0. The van der Waals surface area contributed by atoms with Crippen LogP contribution in [0.1, 0.15) is 18.9 Å². The molecule has 0 aliphatic heterocycles. The number of carboxylic acids is 1. The molecule has 0 radical (unpaired) electrons. The molecule has 1 aromatic rings. The number of carboxylic acid groups (broad SMARTS) is 1. The summed E-state index contributed by atoms with van der Waals surface area (Å²) < 4.78 is 0. The molecule has 0 atom stereocenters. The Morgan fingerprint density at radius 2 is 2.11 bits per heavy atom. The van der Waals surface area contributed by atoms with Crippen LogP contribution in [0.25, 0.3) is 0 Å². The fourth-order valence-electron chi connectivity index (χ4n) is 1.73. The fraction of sp³-hybridized carbons (Fsp3) is 0.429. The highest BCUT2D eigenvalue weighted by Crippen LogP contribution is 2.09. The summed E-state index contributed by atoms with van der Waals surface area (Å²) in [4.78, 5) is 24.1. The van der Waals surface area contributed by atoms with Crippen molar-refractivity contribution in [3.63, 3.8) is 0 Å². The molecular formula is C14H20N2O3. The Labute approximate surface area is 113 Å². The lowest BCUT2D eigenvalue weighted by Gasteiger charge is -2.18. The molecule has 0 bridgehead atoms. The van der Waals surface area contributed by atoms with Crippen LogP contribution < -0.4 is 5.32 Å². The number of aryl methyl sites for hydroxylation is 1. The van der Waals surface area contributed by atoms with E-state index in [1.807, 2.05) is 38.1 Å². The van der Waals surface area contributed by atoms with Gasteiger partial charge in [0.25, 0.3) is 0 Å². The minimum atomic E-state index is -0.849. The van der Waals surface area contributed by atoms with Gasteiger partial charge < -0.3 is 10.4 Å². The zero-order chi connectivity index (χ0) is 14.3. The van der Waals surface area contributed by atoms with Gasteiger partial charge in [0.15, 0.2) is 0 Å². The number of likely N-dealkylation sites (N-methyl/N-ethyl adjacent to an activating group) is 1. The van der Waals surface area contributed by atoms with E-state index in [1.165, 1.54) is 0 Å². The predicted octanol–water partition coefficient (Wildman–Crippen LogP) is 1.73. The molecule has 0 saturated heterocycles. The van der Waals surface area contributed by atoms with Crippen LogP contribution in [0.4, 0.5) is 5.69 Å². The molecule has 0 aliphatic carbocycles. The van der Waals surface area contributed by atoms with Gasteiger partial charge in [0.05, 0.1) is 13.0 Å². The lowest BCUT2D eigenvalue weighted by Crippen LogP contribution is -2.34. The maximum atomic E-state index is 11.8. The highest BCUT2D eigenvalue weighted by atomic mass is 16.4. The maximum absolute atomic E-state index is 11.8. The Bertz CT molecular complexity index is 446. The molecule has 0 fully saturated rings. The summed E-state index contributed by atoms with van der Waals surface area (Å²) >= 11 is 0. The first-order valence-corrected chi connectivity index (χ1v) is 6.32. The molecule has 1 amide bonds. The standard InChI is InChI=1S/C14H20N2O3/c1-3-16(8-7-14(18)19)10-13(17)15-12-6-4-5-11(2)9-12/h4-6,9H,3,7-8,10H2,1-2H3,(H,15,17)(H,18,19). The second-order valence-corrected chi connectivity index (χ2v) is 4.43. The lowest BCUT2D eigenvalue weighted by atomic mass is 10.2. The number of carbonyl (C=O) groups excluding carboxylic acids is 1. The van der Waals surface area contributed by atoms with Gasteiger partial charge in [-0.3, -0.25) is 14.5 Å². The van der Waals surface area contributed by atoms with Crippen LogP contribution in [0.2, 0.25) is 0 Å². The van der Waals surface area contributed by atoms with E-state index in [1.54, 1.807) is 4.90 Å². The minimum Gasteiger partial charge on any atom is -0.481 e. The minimum absolute atomic E-state index is 0.0472. The number of anilines is 1. The van der Waals surface area contributed by atoms with Crippen molar-refractivity contribution in [2.45, 2.75) is 20.3 Å². The van der Waals surface area contributed by atoms with Gasteiger partial charge in [-0.1, -0.05) is 19.1 Å². The molecule has 104 valence electrons. The molecule has 0 aliphatic rings. The van der Waals surface area contributed by atoms with Gasteiger partial charge in [-0.25, -0.2) is 0 Å². The summed E-state index contributed by atoms with van der Waals surface area (Å²) in [6.45, 7) is 5.10. The van der Waals surface area contributed by atoms with Gasteiger partial charge in [-0.15, -0.1) is 0 Å². The molecule has 0 unspecified atom stereocenters. The summed E-state index contributed by atoms with van der Waals surface area (Å²) in [5.74, 6) is -0.976. The van der Waals surface area contributed by atoms with Gasteiger partial charge in [-0.2, -0.15) is 0 Å². The molecule has 19 heavy (non-hydrogen) atoms. The van der Waals surface area contributed by atoms with E-state index in [9.17, 15) is 9.59 Å². The lowest BCUT2D eigenvalue weighted by molar-refractivity contribution is -0.137. The van der Waals surface area contributed by atoms with Gasteiger partial charge in [0, 0.05) is 12.2 Å². The molecule has 2 N–H and O–H groups in total. The Morgan fingerprint density at radius 3 is 2.68 bits per heavy atom. The molecule has 0 spiro atoms. The van der Waals surface area contributed by atoms with E-state index in [2.05, 4.69) is 5.32 Å². The molecule has 0 saturated carbocycles. The Hall–Kier alpha value is -1.88. The van der Waals surface area contributed by atoms with Crippen LogP contribution in [0.15, 0.2) is 24.3 Å². The molecule has 1 aromatic carbocycles. The van der Waals surface area contributed by atoms with Crippen molar-refractivity contribution in [1.29, 1.82) is 0 Å². The highest BCUT2D eigenvalue weighted by molar-refractivity contribution is 5.92. The summed E-state index contributed by atoms with van der Waals surface area (Å²) in [5, 5.41) is 11.4. The Balaban J connectivity index is 2.46. The zero-order valence-corrected chi connectivity index (χ0v) is 11.3. The van der Waals surface area contributed by atoms with E-state index in [-0.39, 0.29) is 18.9 Å². The van der Waals surface area contributed by atoms with Crippen LogP contribution in [0.3, 0.4) is 0 Å². The third-order valence-corrected chi connectivity index (χ3v) is 2.76. The number of rotatable bonds is 7. The summed E-state index contributed by atoms with van der Waals surface area (Å²) in [5.41, 5.74) is 1.84. The van der Waals surface area contributed by atoms with Gasteiger partial charge in [0.1, 0.15) is 0 Å². The van der Waals surface area contributed by atoms with Gasteiger partial charge in [-0.05, 0) is 31.2 Å². The quantitative estimate of drug-likeness (QED) is 0.787. The van der Waals surface area contributed by atoms with Crippen LogP contribution in [-0.4, -0.2) is 41.5 Å². The number of nitrogens with one attached hydrogen (secondary N) is 1. The first kappa shape index (κ1) is 15.2. The average Bonchev–Trinajstić information content (AvgIpc) is 2.34. The summed E-state index contributed by atoms with van der Waals surface area (Å²) in [6, 6.07) is 7.57. The average molecular weight is 264 g/mol. The van der Waals surface area contributed by atoms with Gasteiger partial charge >= 0.3 is 5.97 Å². The third-order valence-electron chi connectivity index (χ3n) is 2.76. The second-order valence-electron chi connectivity index (χ2n) is 4.43. The van der Waals surface area contributed by atoms with Crippen molar-refractivity contribution in [2.75, 3.05) is 25.0 Å². The third kappa shape index (κ3) is 6.01. The smallest absolute Gasteiger partial charge is 0.304 e. The largest absolute Gasteiger partial charge is 0.481 e. The number of nitrogens with zero attached hydrogens (tertiary/aromatic N) is 1. The van der Waals surface area contributed by atoms with Crippen molar-refractivity contribution in [2.24, 2.45) is 0 Å². The number of benzene rings is 1. The van der Waals surface area contributed by atoms with Crippen molar-refractivity contribution in [3.8, 4) is 0 Å². The molecule has 1 rings (SSSR count). The van der Waals surface area contributed by atoms with E-state index in [4.69, 9.17) is 5.11 Å². The number of aliphatic carboxylic acids is 1. The van der Waals surface area contributed by atoms with E-state index < -0.39 is 5.97 Å². The van der Waals surface area contributed by atoms with Crippen LogP contribution in [-0.2, 0) is 9.59 Å². The van der Waals surface area contributed by atoms with Crippen molar-refractivity contribution < 1.29 is 14.7 Å². The molecule has 0 aromatic heterocycles. The maximum Gasteiger partial charge on any atom is 0.304 e. The van der Waals surface area contributed by atoms with Gasteiger partial charge in [0.2, 0.25) is 5.91 Å². The number of hydrogen-bond acceptors (Lipinski definition) is 3. The van der Waals surface area contributed by atoms with E-state index in [0.717, 1.165) is 11.3 Å². The van der Waals surface area contributed by atoms with E-state index >= 15 is 0 Å². The first-order valence-electron chi connectivity index (χ1n) is 6.32. The normalized spacial score (nSPS) is 10.5. The van der Waals surface area contributed by atoms with Crippen LogP contribution >= 0.6 is 0 Å². The highest BCUT2D eigenvalue weighted by Gasteiger charge is 2.10. The SMILES string of the molecule is CCN(CCC(=O)O)CC(=O)Nc1cccc(C)c1. The molecule has 5 nitrogen and oxygen atoms in total. The fourth-order valence-corrected chi connectivity index (χ4v) is 1.73. The number of carbonyl (C=O) groups is 2. The van der Waals surface area contributed by atoms with Crippen molar-refractivity contribution in [1.82, 2.24) is 4.90 Å². The monoisotopic (exact) mass is 264 g/mol. The van der Waals surface area contributed by atoms with E-state index in [0.29, 0.717) is 13.1 Å². The van der Waals surface area contributed by atoms with Crippen molar-refractivity contribution >= 4 is 17.6 Å². The first-order chi connectivity index (χ1) is 9.01. The summed E-state index contributed by atoms with van der Waals surface area (Å²) in [6.07, 6.45) is 0.0472. The second kappa shape index (κ2) is 7.53. The van der Waals surface area contributed by atoms with Crippen molar-refractivity contribution in [3.05, 3.63) is 29.8 Å². The molecular weight excluding hydrogens is 244 g/mol. The predicted molar refractivity (Wildman–Crippen MR) is 74.2 cm³/mol. The van der Waals surface area contributed by atoms with Crippen LogP contribution in [0, 0.1) is 6.92 Å². The number of amides is 1. The topological polar surface area (TPSA) is 69.6 Å². The molecule has 0 heterocycles.